The van der Waals surface area contributed by atoms with Crippen molar-refractivity contribution >= 4 is 0 Å². The van der Waals surface area contributed by atoms with Gasteiger partial charge in [-0.15, -0.1) is 10.2 Å². The van der Waals surface area contributed by atoms with Crippen LogP contribution in [-0.4, -0.2) is 30.6 Å². The van der Waals surface area contributed by atoms with Gasteiger partial charge in [0.1, 0.15) is 0 Å². The fourth-order valence-corrected chi connectivity index (χ4v) is 1.21. The summed E-state index contributed by atoms with van der Waals surface area (Å²) in [4.78, 5) is 8.23. The molecule has 0 radical (unpaired) electrons. The second-order valence-electron chi connectivity index (χ2n) is 3.16. The van der Waals surface area contributed by atoms with Crippen molar-refractivity contribution in [3.05, 3.63) is 61.3 Å². The molecule has 0 aliphatic carbocycles. The van der Waals surface area contributed by atoms with Crippen LogP contribution in [0.25, 0.3) is 11.3 Å². The molecule has 0 unspecified atom stereocenters. The first-order valence-corrected chi connectivity index (χ1v) is 5.23. The molecule has 6 nitrogen and oxygen atoms in total. The largest absolute Gasteiger partial charge is 0.264 e. The number of hydrogen-bond acceptors (Lipinski definition) is 6. The summed E-state index contributed by atoms with van der Waals surface area (Å²) in [6.07, 6.45) is 8.27. The minimum atomic E-state index is 0.964. The van der Waals surface area contributed by atoms with Gasteiger partial charge in [0.25, 0.3) is 0 Å². The molecule has 0 aliphatic rings. The predicted octanol–water partition coefficient (Wildman–Crippen LogP) is 1.41. The summed E-state index contributed by atoms with van der Waals surface area (Å²) in [5.74, 6) is 0. The Labute approximate surface area is 104 Å². The summed E-state index contributed by atoms with van der Waals surface area (Å²) in [5, 5.41) is 13.1. The van der Waals surface area contributed by atoms with Gasteiger partial charge in [0, 0.05) is 24.2 Å². The maximum atomic E-state index is 4.21. The molecule has 6 heteroatoms. The highest BCUT2D eigenvalue weighted by molar-refractivity contribution is 5.56. The van der Waals surface area contributed by atoms with Crippen LogP contribution in [0.2, 0.25) is 0 Å². The van der Waals surface area contributed by atoms with Gasteiger partial charge in [-0.2, -0.15) is 0 Å². The van der Waals surface area contributed by atoms with Crippen molar-refractivity contribution in [3.63, 3.8) is 0 Å². The van der Waals surface area contributed by atoms with Crippen LogP contribution in [0, 0.1) is 0 Å². The highest BCUT2D eigenvalue weighted by atomic mass is 15.4. The number of aromatic nitrogens is 6. The Hall–Kier alpha value is -2.76. The van der Waals surface area contributed by atoms with Crippen molar-refractivity contribution < 1.29 is 0 Å². The van der Waals surface area contributed by atoms with E-state index in [1.165, 1.54) is 12.4 Å². The summed E-state index contributed by atoms with van der Waals surface area (Å²) < 4.78 is 0. The molecule has 3 rings (SSSR count). The normalized spacial score (nSPS) is 9.11. The molecule has 0 bridgehead atoms. The molecule has 3 aromatic rings. The van der Waals surface area contributed by atoms with E-state index >= 15 is 0 Å². The molecule has 18 heavy (non-hydrogen) atoms. The van der Waals surface area contributed by atoms with E-state index in [1.807, 2.05) is 36.5 Å². The van der Waals surface area contributed by atoms with Crippen LogP contribution < -0.4 is 0 Å². The van der Waals surface area contributed by atoms with Gasteiger partial charge in [0.2, 0.25) is 0 Å². The molecule has 0 saturated carbocycles. The number of pyridine rings is 2. The first-order chi connectivity index (χ1) is 8.97. The zero-order valence-corrected chi connectivity index (χ0v) is 9.46. The Bertz CT molecular complexity index is 479. The van der Waals surface area contributed by atoms with E-state index in [0.29, 0.717) is 0 Å². The fraction of sp³-hybridized carbons (Fsp3) is 0. The summed E-state index contributed by atoms with van der Waals surface area (Å²) in [6, 6.07) is 9.74. The van der Waals surface area contributed by atoms with Crippen molar-refractivity contribution in [2.75, 3.05) is 0 Å². The van der Waals surface area contributed by atoms with E-state index in [4.69, 9.17) is 0 Å². The van der Waals surface area contributed by atoms with Gasteiger partial charge in [0.05, 0.1) is 18.1 Å². The van der Waals surface area contributed by atoms with Crippen LogP contribution in [0.3, 0.4) is 0 Å². The number of hydrogen-bond donors (Lipinski definition) is 0. The molecular formula is C12H10N6. The molecule has 0 fully saturated rings. The summed E-state index contributed by atoms with van der Waals surface area (Å²) in [6.45, 7) is 0. The van der Waals surface area contributed by atoms with Crippen LogP contribution in [0.15, 0.2) is 61.3 Å². The fourth-order valence-electron chi connectivity index (χ4n) is 1.21. The third-order valence-electron chi connectivity index (χ3n) is 1.97. The quantitative estimate of drug-likeness (QED) is 0.638. The lowest BCUT2D eigenvalue weighted by Crippen LogP contribution is -1.84. The monoisotopic (exact) mass is 238 g/mol. The molecule has 0 amide bonds. The molecule has 88 valence electrons. The van der Waals surface area contributed by atoms with Gasteiger partial charge in [-0.3, -0.25) is 9.97 Å². The average molecular weight is 238 g/mol. The van der Waals surface area contributed by atoms with Crippen LogP contribution in [0.4, 0.5) is 0 Å². The second-order valence-corrected chi connectivity index (χ2v) is 3.16. The average Bonchev–Trinajstić information content (AvgIpc) is 2.51. The number of nitrogens with zero attached hydrogens (tertiary/aromatic N) is 6. The molecule has 0 N–H and O–H groups in total. The molecule has 0 atom stereocenters. The highest BCUT2D eigenvalue weighted by Crippen LogP contribution is 2.12. The predicted molar refractivity (Wildman–Crippen MR) is 65.1 cm³/mol. The van der Waals surface area contributed by atoms with Gasteiger partial charge in [-0.1, -0.05) is 6.07 Å². The molecule has 0 aliphatic heterocycles. The highest BCUT2D eigenvalue weighted by Gasteiger charge is 1.94. The lowest BCUT2D eigenvalue weighted by molar-refractivity contribution is 0.761. The van der Waals surface area contributed by atoms with Crippen molar-refractivity contribution in [2.24, 2.45) is 0 Å². The standard InChI is InChI=1S/C10H8N2.C2H2N4/c1-2-7-12-10(5-1)9-4-3-6-11-8-9;1-2-4-6-5-3-1/h1-8H;1-2H. The number of rotatable bonds is 1. The van der Waals surface area contributed by atoms with E-state index in [9.17, 15) is 0 Å². The van der Waals surface area contributed by atoms with Crippen LogP contribution in [0.1, 0.15) is 0 Å². The van der Waals surface area contributed by atoms with Gasteiger partial charge >= 0.3 is 0 Å². The third kappa shape index (κ3) is 3.67. The summed E-state index contributed by atoms with van der Waals surface area (Å²) in [5.41, 5.74) is 2.02. The van der Waals surface area contributed by atoms with Gasteiger partial charge in [-0.25, -0.2) is 0 Å². The van der Waals surface area contributed by atoms with Gasteiger partial charge < -0.3 is 0 Å². The Kier molecular flexibility index (Phi) is 4.39. The van der Waals surface area contributed by atoms with Crippen molar-refractivity contribution in [1.82, 2.24) is 30.6 Å². The lowest BCUT2D eigenvalue weighted by atomic mass is 10.2. The first-order valence-electron chi connectivity index (χ1n) is 5.23. The Balaban J connectivity index is 0.000000169. The topological polar surface area (TPSA) is 77.3 Å². The molecule has 0 spiro atoms. The summed E-state index contributed by atoms with van der Waals surface area (Å²) in [7, 11) is 0. The zero-order chi connectivity index (χ0) is 12.5. The van der Waals surface area contributed by atoms with E-state index in [2.05, 4.69) is 30.6 Å². The molecule has 0 saturated heterocycles. The first kappa shape index (κ1) is 11.7. The summed E-state index contributed by atoms with van der Waals surface area (Å²) >= 11 is 0. The Morgan fingerprint density at radius 2 is 1.56 bits per heavy atom. The Morgan fingerprint density at radius 1 is 0.722 bits per heavy atom. The van der Waals surface area contributed by atoms with E-state index in [0.717, 1.165) is 11.3 Å². The minimum absolute atomic E-state index is 0.964. The molecule has 3 aromatic heterocycles. The van der Waals surface area contributed by atoms with Crippen LogP contribution in [0.5, 0.6) is 0 Å². The SMILES string of the molecule is c1ccc(-c2cccnc2)nc1.c1cnnnn1. The maximum Gasteiger partial charge on any atom is 0.0717 e. The van der Waals surface area contributed by atoms with Crippen LogP contribution in [-0.2, 0) is 0 Å². The zero-order valence-electron chi connectivity index (χ0n) is 9.46. The van der Waals surface area contributed by atoms with Gasteiger partial charge in [0.15, 0.2) is 0 Å². The molecule has 0 aromatic carbocycles. The van der Waals surface area contributed by atoms with Crippen LogP contribution >= 0.6 is 0 Å². The van der Waals surface area contributed by atoms with E-state index < -0.39 is 0 Å². The minimum Gasteiger partial charge on any atom is -0.264 e. The van der Waals surface area contributed by atoms with Gasteiger partial charge in [-0.05, 0) is 34.7 Å². The van der Waals surface area contributed by atoms with E-state index in [-0.39, 0.29) is 0 Å². The smallest absolute Gasteiger partial charge is 0.0717 e. The molecular weight excluding hydrogens is 228 g/mol. The lowest BCUT2D eigenvalue weighted by Gasteiger charge is -1.96. The van der Waals surface area contributed by atoms with E-state index in [1.54, 1.807) is 12.4 Å². The van der Waals surface area contributed by atoms with Crippen molar-refractivity contribution in [2.45, 2.75) is 0 Å². The van der Waals surface area contributed by atoms with Crippen molar-refractivity contribution in [3.8, 4) is 11.3 Å². The second kappa shape index (κ2) is 6.74. The van der Waals surface area contributed by atoms with Crippen molar-refractivity contribution in [1.29, 1.82) is 0 Å². The molecule has 3 heterocycles. The third-order valence-corrected chi connectivity index (χ3v) is 1.97. The Morgan fingerprint density at radius 3 is 2.06 bits per heavy atom. The maximum absolute atomic E-state index is 4.21.